The number of aliphatic hydroxyl groups excluding tert-OH is 4. The third kappa shape index (κ3) is 7.79. The molecule has 1 aliphatic rings. The molecule has 0 amide bonds. The van der Waals surface area contributed by atoms with E-state index < -0.39 is 30.4 Å². The molecule has 0 aliphatic carbocycles. The van der Waals surface area contributed by atoms with Crippen LogP contribution < -0.4 is 5.32 Å². The fourth-order valence-electron chi connectivity index (χ4n) is 3.59. The molecule has 1 saturated heterocycles. The van der Waals surface area contributed by atoms with Gasteiger partial charge in [0, 0.05) is 0 Å². The number of hydrogen-bond acceptors (Lipinski definition) is 5. The summed E-state index contributed by atoms with van der Waals surface area (Å²) in [5, 5.41) is 41.9. The first-order valence-electron chi connectivity index (χ1n) is 10.0. The van der Waals surface area contributed by atoms with Gasteiger partial charge in [0.15, 0.2) is 0 Å². The molecular weight excluding hydrogens is 306 g/mol. The Hall–Kier alpha value is -0.200. The summed E-state index contributed by atoms with van der Waals surface area (Å²) in [4.78, 5) is 0. The quantitative estimate of drug-likeness (QED) is 0.311. The van der Waals surface area contributed by atoms with Gasteiger partial charge in [0.2, 0.25) is 0 Å². The lowest BCUT2D eigenvalue weighted by Gasteiger charge is -2.22. The molecule has 144 valence electrons. The van der Waals surface area contributed by atoms with Crippen molar-refractivity contribution in [1.82, 2.24) is 5.32 Å². The van der Waals surface area contributed by atoms with Crippen LogP contribution in [0.1, 0.15) is 84.0 Å². The van der Waals surface area contributed by atoms with Gasteiger partial charge in [-0.05, 0) is 6.42 Å². The van der Waals surface area contributed by atoms with E-state index in [4.69, 9.17) is 5.11 Å². The first-order valence-corrected chi connectivity index (χ1v) is 10.0. The SMILES string of the molecule is CCCCCCCCCCCCC[C@@H](O)[C@H]1N[C@H](CO)[C@@H](O)[C@@H]1O. The minimum absolute atomic E-state index is 0.236. The lowest BCUT2D eigenvalue weighted by atomic mass is 9.98. The molecule has 1 aliphatic heterocycles. The third-order valence-corrected chi connectivity index (χ3v) is 5.25. The van der Waals surface area contributed by atoms with E-state index in [1.807, 2.05) is 0 Å². The van der Waals surface area contributed by atoms with Crippen LogP contribution in [0.3, 0.4) is 0 Å². The summed E-state index contributed by atoms with van der Waals surface area (Å²) in [5.74, 6) is 0. The molecule has 5 atom stereocenters. The summed E-state index contributed by atoms with van der Waals surface area (Å²) in [6.45, 7) is 2.01. The fourth-order valence-corrected chi connectivity index (χ4v) is 3.59. The predicted octanol–water partition coefficient (Wildman–Crippen LogP) is 2.10. The summed E-state index contributed by atoms with van der Waals surface area (Å²) < 4.78 is 0. The molecule has 5 nitrogen and oxygen atoms in total. The second kappa shape index (κ2) is 13.1. The van der Waals surface area contributed by atoms with Crippen LogP contribution in [0.15, 0.2) is 0 Å². The summed E-state index contributed by atoms with van der Waals surface area (Å²) in [6.07, 6.45) is 11.8. The second-order valence-corrected chi connectivity index (χ2v) is 7.35. The fraction of sp³-hybridized carbons (Fsp3) is 1.00. The number of aliphatic hydroxyl groups is 4. The minimum atomic E-state index is -1.01. The van der Waals surface area contributed by atoms with E-state index in [9.17, 15) is 15.3 Å². The monoisotopic (exact) mass is 345 g/mol. The molecule has 5 heteroatoms. The molecule has 0 unspecified atom stereocenters. The number of hydrogen-bond donors (Lipinski definition) is 5. The molecule has 0 aromatic rings. The number of unbranched alkanes of at least 4 members (excludes halogenated alkanes) is 10. The van der Waals surface area contributed by atoms with Crippen LogP contribution in [-0.2, 0) is 0 Å². The molecule has 5 N–H and O–H groups in total. The second-order valence-electron chi connectivity index (χ2n) is 7.35. The van der Waals surface area contributed by atoms with Gasteiger partial charge >= 0.3 is 0 Å². The van der Waals surface area contributed by atoms with Crippen LogP contribution in [0, 0.1) is 0 Å². The van der Waals surface area contributed by atoms with Crippen molar-refractivity contribution < 1.29 is 20.4 Å². The number of nitrogens with one attached hydrogen (secondary N) is 1. The van der Waals surface area contributed by atoms with E-state index in [0.717, 1.165) is 12.8 Å². The van der Waals surface area contributed by atoms with E-state index in [2.05, 4.69) is 12.2 Å². The molecule has 0 aromatic heterocycles. The highest BCUT2D eigenvalue weighted by atomic mass is 16.3. The Labute approximate surface area is 147 Å². The smallest absolute Gasteiger partial charge is 0.0993 e. The van der Waals surface area contributed by atoms with Gasteiger partial charge < -0.3 is 25.7 Å². The molecule has 1 heterocycles. The summed E-state index contributed by atoms with van der Waals surface area (Å²) in [7, 11) is 0. The van der Waals surface area contributed by atoms with Crippen LogP contribution in [0.2, 0.25) is 0 Å². The lowest BCUT2D eigenvalue weighted by molar-refractivity contribution is -0.00443. The molecule has 0 spiro atoms. The maximum atomic E-state index is 10.2. The van der Waals surface area contributed by atoms with E-state index >= 15 is 0 Å². The maximum absolute atomic E-state index is 10.2. The maximum Gasteiger partial charge on any atom is 0.0993 e. The van der Waals surface area contributed by atoms with Crippen molar-refractivity contribution in [3.63, 3.8) is 0 Å². The molecule has 1 rings (SSSR count). The molecule has 0 saturated carbocycles. The zero-order valence-corrected chi connectivity index (χ0v) is 15.4. The van der Waals surface area contributed by atoms with Gasteiger partial charge in [-0.3, -0.25) is 0 Å². The van der Waals surface area contributed by atoms with E-state index in [-0.39, 0.29) is 6.61 Å². The topological polar surface area (TPSA) is 93.0 Å². The summed E-state index contributed by atoms with van der Waals surface area (Å²) >= 11 is 0. The first kappa shape index (κ1) is 21.8. The van der Waals surface area contributed by atoms with Gasteiger partial charge in [-0.25, -0.2) is 0 Å². The lowest BCUT2D eigenvalue weighted by Crippen LogP contribution is -2.44. The first-order chi connectivity index (χ1) is 11.6. The van der Waals surface area contributed by atoms with Crippen molar-refractivity contribution >= 4 is 0 Å². The zero-order valence-electron chi connectivity index (χ0n) is 15.4. The van der Waals surface area contributed by atoms with Gasteiger partial charge in [0.25, 0.3) is 0 Å². The third-order valence-electron chi connectivity index (χ3n) is 5.25. The highest BCUT2D eigenvalue weighted by molar-refractivity contribution is 5.00. The Morgan fingerprint density at radius 1 is 0.792 bits per heavy atom. The molecule has 0 bridgehead atoms. The van der Waals surface area contributed by atoms with Gasteiger partial charge in [0.1, 0.15) is 0 Å². The standard InChI is InChI=1S/C19H39NO4/c1-2-3-4-5-6-7-8-9-10-11-12-13-16(22)17-19(24)18(23)15(14-21)20-17/h15-24H,2-14H2,1H3/t15-,16-,17-,18-,19-/m1/s1. The molecular formula is C19H39NO4. The van der Waals surface area contributed by atoms with Crippen molar-refractivity contribution in [3.8, 4) is 0 Å². The highest BCUT2D eigenvalue weighted by Crippen LogP contribution is 2.20. The summed E-state index contributed by atoms with van der Waals surface area (Å²) in [5.41, 5.74) is 0. The van der Waals surface area contributed by atoms with Crippen LogP contribution in [0.25, 0.3) is 0 Å². The highest BCUT2D eigenvalue weighted by Gasteiger charge is 2.43. The average molecular weight is 346 g/mol. The van der Waals surface area contributed by atoms with Crippen LogP contribution >= 0.6 is 0 Å². The predicted molar refractivity (Wildman–Crippen MR) is 96.9 cm³/mol. The normalized spacial score (nSPS) is 28.4. The van der Waals surface area contributed by atoms with E-state index in [1.165, 1.54) is 57.8 Å². The Morgan fingerprint density at radius 2 is 1.29 bits per heavy atom. The van der Waals surface area contributed by atoms with E-state index in [0.29, 0.717) is 6.42 Å². The van der Waals surface area contributed by atoms with Gasteiger partial charge in [-0.1, -0.05) is 77.6 Å². The van der Waals surface area contributed by atoms with Crippen LogP contribution in [0.5, 0.6) is 0 Å². The molecule has 0 aromatic carbocycles. The van der Waals surface area contributed by atoms with Crippen molar-refractivity contribution in [2.45, 2.75) is 114 Å². The van der Waals surface area contributed by atoms with Crippen molar-refractivity contribution in [2.24, 2.45) is 0 Å². The van der Waals surface area contributed by atoms with Crippen LogP contribution in [-0.4, -0.2) is 57.4 Å². The van der Waals surface area contributed by atoms with Gasteiger partial charge in [0.05, 0.1) is 37.0 Å². The Bertz CT molecular complexity index is 303. The molecule has 1 fully saturated rings. The molecule has 0 radical (unpaired) electrons. The average Bonchev–Trinajstić information content (AvgIpc) is 2.87. The Kier molecular flexibility index (Phi) is 11.9. The van der Waals surface area contributed by atoms with Crippen molar-refractivity contribution in [1.29, 1.82) is 0 Å². The largest absolute Gasteiger partial charge is 0.395 e. The number of rotatable bonds is 14. The van der Waals surface area contributed by atoms with Crippen LogP contribution in [0.4, 0.5) is 0 Å². The Balaban J connectivity index is 1.97. The molecule has 24 heavy (non-hydrogen) atoms. The van der Waals surface area contributed by atoms with Gasteiger partial charge in [-0.2, -0.15) is 0 Å². The Morgan fingerprint density at radius 3 is 1.75 bits per heavy atom. The van der Waals surface area contributed by atoms with Crippen molar-refractivity contribution in [3.05, 3.63) is 0 Å². The minimum Gasteiger partial charge on any atom is -0.395 e. The van der Waals surface area contributed by atoms with Crippen molar-refractivity contribution in [2.75, 3.05) is 6.61 Å². The summed E-state index contributed by atoms with van der Waals surface area (Å²) in [6, 6.07) is -1.09. The van der Waals surface area contributed by atoms with Gasteiger partial charge in [-0.15, -0.1) is 0 Å². The zero-order chi connectivity index (χ0) is 17.8. The van der Waals surface area contributed by atoms with E-state index in [1.54, 1.807) is 0 Å².